The summed E-state index contributed by atoms with van der Waals surface area (Å²) < 4.78 is 0. The van der Waals surface area contributed by atoms with Crippen LogP contribution in [0.15, 0.2) is 30.9 Å². The zero-order valence-corrected chi connectivity index (χ0v) is 15.0. The number of likely N-dealkylation sites (tertiary alicyclic amines) is 1. The number of aromatic amines is 1. The number of carbonyl (C=O) groups is 1. The number of pyridine rings is 1. The van der Waals surface area contributed by atoms with Gasteiger partial charge >= 0.3 is 0 Å². The maximum Gasteiger partial charge on any atom is 0.226 e. The van der Waals surface area contributed by atoms with E-state index in [1.54, 1.807) is 6.33 Å². The minimum atomic E-state index is -0.206. The van der Waals surface area contributed by atoms with Crippen LogP contribution in [0, 0.1) is 5.92 Å². The average molecular weight is 351 g/mol. The van der Waals surface area contributed by atoms with E-state index in [1.807, 2.05) is 12.4 Å². The number of nitrogens with zero attached hydrogens (tertiary/aromatic N) is 4. The fourth-order valence-electron chi connectivity index (χ4n) is 4.68. The van der Waals surface area contributed by atoms with Crippen molar-refractivity contribution in [2.75, 3.05) is 19.6 Å². The molecule has 5 rings (SSSR count). The number of H-pyrrole nitrogens is 1. The predicted octanol–water partition coefficient (Wildman–Crippen LogP) is 2.09. The topological polar surface area (TPSA) is 65.1 Å². The van der Waals surface area contributed by atoms with Crippen LogP contribution in [0.3, 0.4) is 0 Å². The maximum absolute atomic E-state index is 13.0. The molecule has 2 fully saturated rings. The summed E-state index contributed by atoms with van der Waals surface area (Å²) in [5.41, 5.74) is 3.45. The molecule has 0 bridgehead atoms. The van der Waals surface area contributed by atoms with Gasteiger partial charge in [0.05, 0.1) is 17.6 Å². The molecule has 1 aliphatic carbocycles. The Labute approximate surface area is 153 Å². The predicted molar refractivity (Wildman–Crippen MR) is 97.2 cm³/mol. The molecule has 0 radical (unpaired) electrons. The van der Waals surface area contributed by atoms with Crippen LogP contribution in [0.25, 0.3) is 0 Å². The zero-order valence-electron chi connectivity index (χ0n) is 15.0. The fourth-order valence-corrected chi connectivity index (χ4v) is 4.68. The highest BCUT2D eigenvalue weighted by Crippen LogP contribution is 2.45. The third-order valence-electron chi connectivity index (χ3n) is 6.29. The van der Waals surface area contributed by atoms with Gasteiger partial charge in [-0.3, -0.25) is 14.7 Å². The van der Waals surface area contributed by atoms with Gasteiger partial charge in [-0.1, -0.05) is 0 Å². The Bertz CT molecular complexity index is 790. The van der Waals surface area contributed by atoms with Gasteiger partial charge in [0.25, 0.3) is 0 Å². The molecule has 6 nitrogen and oxygen atoms in total. The number of carbonyl (C=O) groups excluding carboxylic acids is 1. The molecule has 2 aliphatic heterocycles. The van der Waals surface area contributed by atoms with Crippen molar-refractivity contribution in [3.8, 4) is 0 Å². The lowest BCUT2D eigenvalue weighted by Gasteiger charge is -2.50. The first-order chi connectivity index (χ1) is 12.8. The molecule has 0 unspecified atom stereocenters. The van der Waals surface area contributed by atoms with Crippen LogP contribution in [0.5, 0.6) is 0 Å². The van der Waals surface area contributed by atoms with E-state index in [0.717, 1.165) is 64.0 Å². The van der Waals surface area contributed by atoms with Crippen LogP contribution in [0.4, 0.5) is 0 Å². The molecule has 0 atom stereocenters. The average Bonchev–Trinajstić information content (AvgIpc) is 3.41. The van der Waals surface area contributed by atoms with E-state index in [2.05, 4.69) is 36.9 Å². The van der Waals surface area contributed by atoms with Crippen molar-refractivity contribution in [3.05, 3.63) is 47.8 Å². The molecule has 4 heterocycles. The second-order valence-corrected chi connectivity index (χ2v) is 7.91. The standard InChI is InChI=1S/C20H25N5O/c26-19(16-1-2-16)25-10-5-17-18(23-14-22-17)20(25)6-11-24(12-7-20)13-15-3-8-21-9-4-15/h3-4,8-9,14,16H,1-2,5-7,10-13H2,(H,22,23). The van der Waals surface area contributed by atoms with Crippen LogP contribution in [-0.4, -0.2) is 50.3 Å². The second kappa shape index (κ2) is 6.20. The summed E-state index contributed by atoms with van der Waals surface area (Å²) >= 11 is 0. The van der Waals surface area contributed by atoms with E-state index in [4.69, 9.17) is 0 Å². The highest BCUT2D eigenvalue weighted by Gasteiger charge is 2.50. The Morgan fingerprint density at radius 2 is 1.96 bits per heavy atom. The molecule has 0 aromatic carbocycles. The molecule has 2 aromatic heterocycles. The van der Waals surface area contributed by atoms with Crippen molar-refractivity contribution in [2.45, 2.75) is 44.2 Å². The summed E-state index contributed by atoms with van der Waals surface area (Å²) in [6.07, 6.45) is 10.5. The Morgan fingerprint density at radius 3 is 2.69 bits per heavy atom. The van der Waals surface area contributed by atoms with E-state index in [9.17, 15) is 4.79 Å². The molecule has 136 valence electrons. The van der Waals surface area contributed by atoms with E-state index in [-0.39, 0.29) is 11.5 Å². The first kappa shape index (κ1) is 16.0. The number of hydrogen-bond acceptors (Lipinski definition) is 4. The van der Waals surface area contributed by atoms with Gasteiger partial charge in [-0.05, 0) is 43.4 Å². The van der Waals surface area contributed by atoms with Crippen molar-refractivity contribution in [1.82, 2.24) is 24.8 Å². The van der Waals surface area contributed by atoms with E-state index in [0.29, 0.717) is 5.91 Å². The van der Waals surface area contributed by atoms with Crippen LogP contribution in [-0.2, 0) is 23.3 Å². The summed E-state index contributed by atoms with van der Waals surface area (Å²) in [5.74, 6) is 0.628. The normalized spacial score (nSPS) is 22.4. The highest BCUT2D eigenvalue weighted by atomic mass is 16.2. The van der Waals surface area contributed by atoms with Gasteiger partial charge in [0.15, 0.2) is 0 Å². The molecule has 26 heavy (non-hydrogen) atoms. The number of hydrogen-bond donors (Lipinski definition) is 1. The van der Waals surface area contributed by atoms with Gasteiger partial charge in [-0.25, -0.2) is 4.98 Å². The Hall–Kier alpha value is -2.21. The molecule has 1 N–H and O–H groups in total. The maximum atomic E-state index is 13.0. The minimum absolute atomic E-state index is 0.206. The lowest BCUT2D eigenvalue weighted by atomic mass is 9.78. The Balaban J connectivity index is 1.38. The number of imidazole rings is 1. The van der Waals surface area contributed by atoms with E-state index < -0.39 is 0 Å². The van der Waals surface area contributed by atoms with Crippen LogP contribution >= 0.6 is 0 Å². The van der Waals surface area contributed by atoms with Gasteiger partial charge in [0, 0.05) is 56.6 Å². The van der Waals surface area contributed by atoms with Crippen molar-refractivity contribution in [2.24, 2.45) is 5.92 Å². The third kappa shape index (κ3) is 2.63. The molecule has 1 spiro atoms. The quantitative estimate of drug-likeness (QED) is 0.920. The Morgan fingerprint density at radius 1 is 1.19 bits per heavy atom. The number of amides is 1. The summed E-state index contributed by atoms with van der Waals surface area (Å²) in [6, 6.07) is 4.17. The van der Waals surface area contributed by atoms with Gasteiger partial charge < -0.3 is 9.88 Å². The van der Waals surface area contributed by atoms with Crippen molar-refractivity contribution >= 4 is 5.91 Å². The molecule has 2 aromatic rings. The van der Waals surface area contributed by atoms with Crippen molar-refractivity contribution < 1.29 is 4.79 Å². The van der Waals surface area contributed by atoms with E-state index in [1.165, 1.54) is 11.3 Å². The molecular weight excluding hydrogens is 326 g/mol. The molecule has 1 saturated heterocycles. The Kier molecular flexibility index (Phi) is 3.81. The molecule has 1 amide bonds. The number of aromatic nitrogens is 3. The van der Waals surface area contributed by atoms with Crippen LogP contribution in [0.2, 0.25) is 0 Å². The van der Waals surface area contributed by atoms with Crippen molar-refractivity contribution in [3.63, 3.8) is 0 Å². The minimum Gasteiger partial charge on any atom is -0.348 e. The van der Waals surface area contributed by atoms with Gasteiger partial charge in [0.2, 0.25) is 5.91 Å². The van der Waals surface area contributed by atoms with E-state index >= 15 is 0 Å². The van der Waals surface area contributed by atoms with Crippen LogP contribution < -0.4 is 0 Å². The fraction of sp³-hybridized carbons (Fsp3) is 0.550. The molecule has 6 heteroatoms. The van der Waals surface area contributed by atoms with Gasteiger partial charge in [0.1, 0.15) is 0 Å². The zero-order chi connectivity index (χ0) is 17.6. The summed E-state index contributed by atoms with van der Waals surface area (Å²) in [4.78, 5) is 29.8. The molecule has 3 aliphatic rings. The number of piperidine rings is 1. The third-order valence-corrected chi connectivity index (χ3v) is 6.29. The molecular formula is C20H25N5O. The van der Waals surface area contributed by atoms with Crippen LogP contribution in [0.1, 0.15) is 42.6 Å². The van der Waals surface area contributed by atoms with Gasteiger partial charge in [-0.15, -0.1) is 0 Å². The lowest BCUT2D eigenvalue weighted by Crippen LogP contribution is -2.58. The number of rotatable bonds is 3. The van der Waals surface area contributed by atoms with Crippen molar-refractivity contribution in [1.29, 1.82) is 0 Å². The first-order valence-electron chi connectivity index (χ1n) is 9.72. The lowest BCUT2D eigenvalue weighted by molar-refractivity contribution is -0.143. The second-order valence-electron chi connectivity index (χ2n) is 7.91. The number of fused-ring (bicyclic) bond motifs is 2. The van der Waals surface area contributed by atoms with Gasteiger partial charge in [-0.2, -0.15) is 0 Å². The SMILES string of the molecule is O=C(C1CC1)N1CCc2[nH]cnc2C12CCN(Cc1ccncc1)CC2. The largest absolute Gasteiger partial charge is 0.348 e. The molecule has 1 saturated carbocycles. The monoisotopic (exact) mass is 351 g/mol. The highest BCUT2D eigenvalue weighted by molar-refractivity contribution is 5.82. The first-order valence-corrected chi connectivity index (χ1v) is 9.72. The smallest absolute Gasteiger partial charge is 0.226 e. The summed E-state index contributed by atoms with van der Waals surface area (Å²) in [5, 5.41) is 0. The summed E-state index contributed by atoms with van der Waals surface area (Å²) in [7, 11) is 0. The number of nitrogens with one attached hydrogen (secondary N) is 1. The summed E-state index contributed by atoms with van der Waals surface area (Å²) in [6.45, 7) is 3.75.